The topological polar surface area (TPSA) is 64.1 Å². The third-order valence-corrected chi connectivity index (χ3v) is 3.69. The van der Waals surface area contributed by atoms with E-state index in [1.807, 2.05) is 31.2 Å². The Kier molecular flexibility index (Phi) is 12.7. The van der Waals surface area contributed by atoms with Gasteiger partial charge >= 0.3 is 0 Å². The van der Waals surface area contributed by atoms with Gasteiger partial charge in [-0.25, -0.2) is 4.99 Å². The van der Waals surface area contributed by atoms with Crippen molar-refractivity contribution < 1.29 is 14.2 Å². The van der Waals surface area contributed by atoms with Crippen molar-refractivity contribution >= 4 is 17.6 Å². The van der Waals surface area contributed by atoms with Gasteiger partial charge < -0.3 is 24.8 Å². The number of guanidine groups is 1. The lowest BCUT2D eigenvalue weighted by Gasteiger charge is -2.15. The number of hydrogen-bond acceptors (Lipinski definition) is 4. The maximum absolute atomic E-state index is 5.88. The van der Waals surface area contributed by atoms with E-state index in [0.717, 1.165) is 44.2 Å². The van der Waals surface area contributed by atoms with E-state index in [0.29, 0.717) is 24.8 Å². The SMILES string of the molecule is CCNC(=NCC(C)Oc1ccc(Cl)cc1)NCCCCOCCOC. The average molecular weight is 386 g/mol. The predicted molar refractivity (Wildman–Crippen MR) is 107 cm³/mol. The summed E-state index contributed by atoms with van der Waals surface area (Å²) >= 11 is 5.88. The Hall–Kier alpha value is -1.50. The summed E-state index contributed by atoms with van der Waals surface area (Å²) in [6.07, 6.45) is 2.00. The minimum atomic E-state index is -0.0270. The first-order valence-electron chi connectivity index (χ1n) is 9.16. The molecule has 1 aromatic carbocycles. The summed E-state index contributed by atoms with van der Waals surface area (Å²) in [5.74, 6) is 1.60. The van der Waals surface area contributed by atoms with Gasteiger partial charge in [-0.05, 0) is 51.0 Å². The van der Waals surface area contributed by atoms with Crippen LogP contribution in [0.1, 0.15) is 26.7 Å². The average Bonchev–Trinajstić information content (AvgIpc) is 2.63. The summed E-state index contributed by atoms with van der Waals surface area (Å²) in [6.45, 7) is 8.34. The van der Waals surface area contributed by atoms with E-state index < -0.39 is 0 Å². The summed E-state index contributed by atoms with van der Waals surface area (Å²) in [5.41, 5.74) is 0. The molecule has 0 aliphatic carbocycles. The lowest BCUT2D eigenvalue weighted by molar-refractivity contribution is 0.0689. The standard InChI is InChI=1S/C19H32ClN3O3/c1-4-21-19(22-11-5-6-12-25-14-13-24-3)23-15-16(2)26-18-9-7-17(20)8-10-18/h7-10,16H,4-6,11-15H2,1-3H3,(H2,21,22,23). The van der Waals surface area contributed by atoms with Crippen LogP contribution in [0.4, 0.5) is 0 Å². The summed E-state index contributed by atoms with van der Waals surface area (Å²) in [4.78, 5) is 4.58. The smallest absolute Gasteiger partial charge is 0.191 e. The molecule has 1 rings (SSSR count). The van der Waals surface area contributed by atoms with Crippen molar-refractivity contribution in [1.29, 1.82) is 0 Å². The highest BCUT2D eigenvalue weighted by Crippen LogP contribution is 2.16. The number of rotatable bonds is 13. The van der Waals surface area contributed by atoms with Gasteiger partial charge in [0.1, 0.15) is 11.9 Å². The molecule has 0 bridgehead atoms. The molecule has 0 aliphatic rings. The Labute approximate surface area is 162 Å². The van der Waals surface area contributed by atoms with Crippen molar-refractivity contribution in [1.82, 2.24) is 10.6 Å². The quantitative estimate of drug-likeness (QED) is 0.310. The fourth-order valence-corrected chi connectivity index (χ4v) is 2.25. The molecule has 148 valence electrons. The van der Waals surface area contributed by atoms with Gasteiger partial charge in [0.05, 0.1) is 19.8 Å². The molecule has 2 N–H and O–H groups in total. The minimum absolute atomic E-state index is 0.0270. The monoisotopic (exact) mass is 385 g/mol. The van der Waals surface area contributed by atoms with Crippen LogP contribution in [0.3, 0.4) is 0 Å². The van der Waals surface area contributed by atoms with E-state index in [1.165, 1.54) is 0 Å². The van der Waals surface area contributed by atoms with Gasteiger partial charge in [0.2, 0.25) is 0 Å². The zero-order valence-corrected chi connectivity index (χ0v) is 16.8. The van der Waals surface area contributed by atoms with Crippen LogP contribution in [0.25, 0.3) is 0 Å². The van der Waals surface area contributed by atoms with Crippen LogP contribution >= 0.6 is 11.6 Å². The Morgan fingerprint density at radius 1 is 1.12 bits per heavy atom. The van der Waals surface area contributed by atoms with Gasteiger partial charge in [0.25, 0.3) is 0 Å². The van der Waals surface area contributed by atoms with E-state index in [-0.39, 0.29) is 6.10 Å². The fourth-order valence-electron chi connectivity index (χ4n) is 2.12. The third kappa shape index (κ3) is 11.2. The molecule has 7 heteroatoms. The van der Waals surface area contributed by atoms with Crippen LogP contribution < -0.4 is 15.4 Å². The molecule has 0 amide bonds. The van der Waals surface area contributed by atoms with Crippen LogP contribution in [0.5, 0.6) is 5.75 Å². The van der Waals surface area contributed by atoms with Gasteiger partial charge in [0, 0.05) is 31.8 Å². The first-order valence-corrected chi connectivity index (χ1v) is 9.54. The zero-order chi connectivity index (χ0) is 19.0. The van der Waals surface area contributed by atoms with Gasteiger partial charge in [-0.1, -0.05) is 11.6 Å². The molecule has 6 nitrogen and oxygen atoms in total. The zero-order valence-electron chi connectivity index (χ0n) is 16.1. The van der Waals surface area contributed by atoms with E-state index in [4.69, 9.17) is 25.8 Å². The Bertz CT molecular complexity index is 497. The summed E-state index contributed by atoms with van der Waals surface area (Å²) in [6, 6.07) is 7.36. The van der Waals surface area contributed by atoms with E-state index >= 15 is 0 Å². The number of aliphatic imine (C=N–C) groups is 1. The number of methoxy groups -OCH3 is 1. The molecular weight excluding hydrogens is 354 g/mol. The largest absolute Gasteiger partial charge is 0.489 e. The van der Waals surface area contributed by atoms with Gasteiger partial charge in [-0.2, -0.15) is 0 Å². The molecule has 0 heterocycles. The number of nitrogens with one attached hydrogen (secondary N) is 2. The van der Waals surface area contributed by atoms with Crippen LogP contribution in [0, 0.1) is 0 Å². The lowest BCUT2D eigenvalue weighted by atomic mass is 10.3. The second-order valence-electron chi connectivity index (χ2n) is 5.84. The molecule has 0 aromatic heterocycles. The highest BCUT2D eigenvalue weighted by Gasteiger charge is 2.05. The van der Waals surface area contributed by atoms with Gasteiger partial charge in [-0.3, -0.25) is 0 Å². The van der Waals surface area contributed by atoms with Gasteiger partial charge in [0.15, 0.2) is 5.96 Å². The number of unbranched alkanes of at least 4 members (excludes halogenated alkanes) is 1. The number of halogens is 1. The van der Waals surface area contributed by atoms with Crippen molar-refractivity contribution in [2.75, 3.05) is 46.6 Å². The molecule has 1 aromatic rings. The van der Waals surface area contributed by atoms with Gasteiger partial charge in [-0.15, -0.1) is 0 Å². The number of ether oxygens (including phenoxy) is 3. The summed E-state index contributed by atoms with van der Waals surface area (Å²) < 4.78 is 16.2. The molecule has 0 spiro atoms. The molecule has 1 atom stereocenters. The molecule has 0 saturated heterocycles. The molecule has 0 saturated carbocycles. The van der Waals surface area contributed by atoms with Crippen LogP contribution in [-0.4, -0.2) is 58.6 Å². The lowest BCUT2D eigenvalue weighted by Crippen LogP contribution is -2.38. The normalized spacial score (nSPS) is 12.7. The van der Waals surface area contributed by atoms with Crippen molar-refractivity contribution in [3.63, 3.8) is 0 Å². The maximum Gasteiger partial charge on any atom is 0.191 e. The summed E-state index contributed by atoms with van der Waals surface area (Å²) in [7, 11) is 1.68. The van der Waals surface area contributed by atoms with Crippen LogP contribution in [0.15, 0.2) is 29.3 Å². The maximum atomic E-state index is 5.88. The minimum Gasteiger partial charge on any atom is -0.489 e. The molecular formula is C19H32ClN3O3. The van der Waals surface area contributed by atoms with Crippen molar-refractivity contribution in [3.8, 4) is 5.75 Å². The Morgan fingerprint density at radius 3 is 2.58 bits per heavy atom. The number of hydrogen-bond donors (Lipinski definition) is 2. The number of benzene rings is 1. The highest BCUT2D eigenvalue weighted by atomic mass is 35.5. The van der Waals surface area contributed by atoms with Crippen LogP contribution in [-0.2, 0) is 9.47 Å². The number of nitrogens with zero attached hydrogens (tertiary/aromatic N) is 1. The van der Waals surface area contributed by atoms with E-state index in [9.17, 15) is 0 Å². The van der Waals surface area contributed by atoms with Crippen molar-refractivity contribution in [2.45, 2.75) is 32.8 Å². The first-order chi connectivity index (χ1) is 12.7. The highest BCUT2D eigenvalue weighted by molar-refractivity contribution is 6.30. The second-order valence-corrected chi connectivity index (χ2v) is 6.28. The van der Waals surface area contributed by atoms with E-state index in [1.54, 1.807) is 7.11 Å². The second kappa shape index (κ2) is 14.6. The third-order valence-electron chi connectivity index (χ3n) is 3.44. The van der Waals surface area contributed by atoms with E-state index in [2.05, 4.69) is 22.5 Å². The molecule has 0 fully saturated rings. The Balaban J connectivity index is 2.25. The van der Waals surface area contributed by atoms with Crippen molar-refractivity contribution in [3.05, 3.63) is 29.3 Å². The Morgan fingerprint density at radius 2 is 1.88 bits per heavy atom. The van der Waals surface area contributed by atoms with Crippen molar-refractivity contribution in [2.24, 2.45) is 4.99 Å². The first kappa shape index (κ1) is 22.5. The summed E-state index contributed by atoms with van der Waals surface area (Å²) in [5, 5.41) is 7.28. The van der Waals surface area contributed by atoms with Crippen LogP contribution in [0.2, 0.25) is 5.02 Å². The fraction of sp³-hybridized carbons (Fsp3) is 0.632. The molecule has 0 aliphatic heterocycles. The molecule has 0 radical (unpaired) electrons. The molecule has 26 heavy (non-hydrogen) atoms. The molecule has 1 unspecified atom stereocenters. The predicted octanol–water partition coefficient (Wildman–Crippen LogP) is 3.11.